The molecular weight excluding hydrogens is 382 g/mol. The van der Waals surface area contributed by atoms with Gasteiger partial charge in [-0.25, -0.2) is 4.98 Å². The van der Waals surface area contributed by atoms with Crippen LogP contribution in [0.25, 0.3) is 11.1 Å². The summed E-state index contributed by atoms with van der Waals surface area (Å²) in [7, 11) is 1.67. The monoisotopic (exact) mass is 401 g/mol. The molecule has 4 aromatic rings. The molecule has 0 aliphatic rings. The Morgan fingerprint density at radius 3 is 2.63 bits per heavy atom. The molecule has 150 valence electrons. The zero-order chi connectivity index (χ0) is 21.1. The molecule has 3 heterocycles. The van der Waals surface area contributed by atoms with E-state index in [0.29, 0.717) is 17.1 Å². The molecule has 0 unspecified atom stereocenters. The number of carbonyl (C=O) groups excluding carboxylic acids is 1. The van der Waals surface area contributed by atoms with E-state index >= 15 is 0 Å². The summed E-state index contributed by atoms with van der Waals surface area (Å²) in [4.78, 5) is 22.1. The summed E-state index contributed by atoms with van der Waals surface area (Å²) in [5, 5.41) is 14.4. The number of ether oxygens (including phenoxy) is 1. The van der Waals surface area contributed by atoms with Crippen LogP contribution in [0.4, 0.5) is 5.82 Å². The maximum atomic E-state index is 12.4. The summed E-state index contributed by atoms with van der Waals surface area (Å²) in [5.74, 6) is 0.803. The molecule has 9 nitrogen and oxygen atoms in total. The molecule has 0 saturated heterocycles. The van der Waals surface area contributed by atoms with Crippen molar-refractivity contribution in [2.24, 2.45) is 7.05 Å². The minimum atomic E-state index is -0.246. The third kappa shape index (κ3) is 4.14. The van der Waals surface area contributed by atoms with E-state index in [2.05, 4.69) is 30.7 Å². The molecular formula is C21H19N7O2. The summed E-state index contributed by atoms with van der Waals surface area (Å²) in [5.41, 5.74) is 4.26. The molecule has 0 aliphatic carbocycles. The first kappa shape index (κ1) is 19.2. The Balaban J connectivity index is 1.53. The molecule has 0 saturated carbocycles. The summed E-state index contributed by atoms with van der Waals surface area (Å²) in [6.45, 7) is 3.86. The van der Waals surface area contributed by atoms with Gasteiger partial charge < -0.3 is 10.1 Å². The van der Waals surface area contributed by atoms with Gasteiger partial charge in [0.15, 0.2) is 0 Å². The molecule has 3 aromatic heterocycles. The number of hydrogen-bond donors (Lipinski definition) is 1. The fraction of sp³-hybridized carbons (Fsp3) is 0.143. The third-order valence-corrected chi connectivity index (χ3v) is 4.51. The van der Waals surface area contributed by atoms with Gasteiger partial charge in [0.25, 0.3) is 5.91 Å². The Kier molecular flexibility index (Phi) is 5.17. The van der Waals surface area contributed by atoms with Gasteiger partial charge in [0.2, 0.25) is 0 Å². The first-order valence-corrected chi connectivity index (χ1v) is 9.20. The average Bonchev–Trinajstić information content (AvgIpc) is 3.15. The molecule has 9 heteroatoms. The standard InChI is InChI=1S/C21H19N7O2/c1-13-4-6-16(30-21-25-27-28(3)26-21)10-17(13)15-5-7-19(23-11-15)24-20(29)18-12-22-9-8-14(18)2/h4-12H,1-3H3,(H,23,24,29). The number of rotatable bonds is 5. The molecule has 0 aliphatic heterocycles. The predicted octanol–water partition coefficient (Wildman–Crippen LogP) is 3.33. The number of aromatic nitrogens is 6. The van der Waals surface area contributed by atoms with Gasteiger partial charge in [0.05, 0.1) is 12.6 Å². The molecule has 0 spiro atoms. The van der Waals surface area contributed by atoms with Gasteiger partial charge in [0, 0.05) is 24.2 Å². The largest absolute Gasteiger partial charge is 0.422 e. The molecule has 0 bridgehead atoms. The molecule has 0 atom stereocenters. The van der Waals surface area contributed by atoms with Gasteiger partial charge in [-0.15, -0.1) is 0 Å². The van der Waals surface area contributed by atoms with Crippen molar-refractivity contribution in [3.63, 3.8) is 0 Å². The van der Waals surface area contributed by atoms with Crippen molar-refractivity contribution in [2.75, 3.05) is 5.32 Å². The Morgan fingerprint density at radius 2 is 1.93 bits per heavy atom. The van der Waals surface area contributed by atoms with E-state index in [0.717, 1.165) is 22.3 Å². The minimum Gasteiger partial charge on any atom is -0.422 e. The van der Waals surface area contributed by atoms with E-state index in [1.165, 1.54) is 4.80 Å². The van der Waals surface area contributed by atoms with E-state index in [-0.39, 0.29) is 11.9 Å². The van der Waals surface area contributed by atoms with Crippen LogP contribution in [0, 0.1) is 13.8 Å². The highest BCUT2D eigenvalue weighted by Gasteiger charge is 2.11. The van der Waals surface area contributed by atoms with E-state index in [9.17, 15) is 4.79 Å². The molecule has 0 fully saturated rings. The third-order valence-electron chi connectivity index (χ3n) is 4.51. The van der Waals surface area contributed by atoms with Crippen LogP contribution in [0.3, 0.4) is 0 Å². The quantitative estimate of drug-likeness (QED) is 0.546. The molecule has 1 aromatic carbocycles. The normalized spacial score (nSPS) is 10.6. The number of pyridine rings is 2. The van der Waals surface area contributed by atoms with Crippen LogP contribution in [-0.4, -0.2) is 36.1 Å². The molecule has 1 amide bonds. The number of hydrogen-bond acceptors (Lipinski definition) is 7. The molecule has 1 N–H and O–H groups in total. The summed E-state index contributed by atoms with van der Waals surface area (Å²) in [6, 6.07) is 11.3. The molecule has 0 radical (unpaired) electrons. The lowest BCUT2D eigenvalue weighted by atomic mass is 10.0. The van der Waals surface area contributed by atoms with E-state index in [1.807, 2.05) is 38.1 Å². The zero-order valence-corrected chi connectivity index (χ0v) is 16.7. The highest BCUT2D eigenvalue weighted by molar-refractivity contribution is 6.04. The Labute approximate surface area is 172 Å². The summed E-state index contributed by atoms with van der Waals surface area (Å²) >= 11 is 0. The minimum absolute atomic E-state index is 0.175. The SMILES string of the molecule is Cc1ccncc1C(=O)Nc1ccc(-c2cc(Oc3nnn(C)n3)ccc2C)cn1. The zero-order valence-electron chi connectivity index (χ0n) is 16.7. The number of nitrogens with one attached hydrogen (secondary N) is 1. The van der Waals surface area contributed by atoms with Crippen LogP contribution in [0.15, 0.2) is 55.0 Å². The maximum Gasteiger partial charge on any atom is 0.361 e. The van der Waals surface area contributed by atoms with Gasteiger partial charge in [0.1, 0.15) is 11.6 Å². The van der Waals surface area contributed by atoms with Gasteiger partial charge in [-0.2, -0.15) is 4.80 Å². The number of anilines is 1. The fourth-order valence-corrected chi connectivity index (χ4v) is 2.90. The number of aryl methyl sites for hydroxylation is 3. The molecule has 4 rings (SSSR count). The lowest BCUT2D eigenvalue weighted by Gasteiger charge is -2.10. The number of tetrazole rings is 1. The average molecular weight is 401 g/mol. The van der Waals surface area contributed by atoms with Crippen LogP contribution < -0.4 is 10.1 Å². The highest BCUT2D eigenvalue weighted by Crippen LogP contribution is 2.29. The first-order valence-electron chi connectivity index (χ1n) is 9.20. The number of amides is 1. The van der Waals surface area contributed by atoms with Crippen LogP contribution in [0.5, 0.6) is 11.8 Å². The lowest BCUT2D eigenvalue weighted by Crippen LogP contribution is -2.14. The second-order valence-electron chi connectivity index (χ2n) is 6.72. The van der Waals surface area contributed by atoms with Gasteiger partial charge in [-0.1, -0.05) is 16.3 Å². The second kappa shape index (κ2) is 8.08. The number of nitrogens with zero attached hydrogens (tertiary/aromatic N) is 6. The Bertz CT molecular complexity index is 1200. The van der Waals surface area contributed by atoms with Crippen molar-refractivity contribution in [1.82, 2.24) is 30.2 Å². The van der Waals surface area contributed by atoms with Crippen LogP contribution >= 0.6 is 0 Å². The van der Waals surface area contributed by atoms with E-state index in [4.69, 9.17) is 4.74 Å². The molecule has 30 heavy (non-hydrogen) atoms. The number of carbonyl (C=O) groups is 1. The number of benzene rings is 1. The fourth-order valence-electron chi connectivity index (χ4n) is 2.90. The van der Waals surface area contributed by atoms with Crippen molar-refractivity contribution < 1.29 is 9.53 Å². The maximum absolute atomic E-state index is 12.4. The lowest BCUT2D eigenvalue weighted by molar-refractivity contribution is 0.102. The van der Waals surface area contributed by atoms with Gasteiger partial charge in [-0.3, -0.25) is 9.78 Å². The van der Waals surface area contributed by atoms with Crippen LogP contribution in [0.1, 0.15) is 21.5 Å². The van der Waals surface area contributed by atoms with Gasteiger partial charge >= 0.3 is 6.01 Å². The second-order valence-corrected chi connectivity index (χ2v) is 6.72. The van der Waals surface area contributed by atoms with Crippen molar-refractivity contribution in [3.8, 4) is 22.9 Å². The van der Waals surface area contributed by atoms with Crippen molar-refractivity contribution in [1.29, 1.82) is 0 Å². The first-order chi connectivity index (χ1) is 14.5. The summed E-state index contributed by atoms with van der Waals surface area (Å²) in [6.07, 6.45) is 4.90. The predicted molar refractivity (Wildman–Crippen MR) is 110 cm³/mol. The van der Waals surface area contributed by atoms with E-state index in [1.54, 1.807) is 37.8 Å². The van der Waals surface area contributed by atoms with Crippen LogP contribution in [-0.2, 0) is 7.05 Å². The Hall–Kier alpha value is -4.14. The smallest absolute Gasteiger partial charge is 0.361 e. The highest BCUT2D eigenvalue weighted by atomic mass is 16.5. The van der Waals surface area contributed by atoms with Crippen LogP contribution in [0.2, 0.25) is 0 Å². The van der Waals surface area contributed by atoms with Crippen molar-refractivity contribution >= 4 is 11.7 Å². The van der Waals surface area contributed by atoms with E-state index < -0.39 is 0 Å². The Morgan fingerprint density at radius 1 is 1.07 bits per heavy atom. The van der Waals surface area contributed by atoms with Gasteiger partial charge in [-0.05, 0) is 66.1 Å². The van der Waals surface area contributed by atoms with Crippen molar-refractivity contribution in [3.05, 3.63) is 71.7 Å². The van der Waals surface area contributed by atoms with Crippen molar-refractivity contribution in [2.45, 2.75) is 13.8 Å². The summed E-state index contributed by atoms with van der Waals surface area (Å²) < 4.78 is 5.66. The topological polar surface area (TPSA) is 108 Å².